The highest BCUT2D eigenvalue weighted by Crippen LogP contribution is 2.15. The predicted octanol–water partition coefficient (Wildman–Crippen LogP) is 2.17. The maximum atomic E-state index is 11.7. The van der Waals surface area contributed by atoms with Gasteiger partial charge in [-0.15, -0.1) is 0 Å². The van der Waals surface area contributed by atoms with Gasteiger partial charge in [0.05, 0.1) is 0 Å². The molecule has 0 saturated heterocycles. The van der Waals surface area contributed by atoms with Crippen molar-refractivity contribution in [2.75, 3.05) is 12.4 Å². The molecule has 0 unspecified atom stereocenters. The molecule has 1 aromatic carbocycles. The van der Waals surface area contributed by atoms with Crippen molar-refractivity contribution in [1.82, 2.24) is 5.32 Å². The average molecular weight is 206 g/mol. The van der Waals surface area contributed by atoms with Gasteiger partial charge in [-0.05, 0) is 44.5 Å². The smallest absolute Gasteiger partial charge is 0.251 e. The number of hydrogen-bond acceptors (Lipinski definition) is 2. The van der Waals surface area contributed by atoms with Gasteiger partial charge >= 0.3 is 0 Å². The summed E-state index contributed by atoms with van der Waals surface area (Å²) >= 11 is 0. The Balaban J connectivity index is 2.87. The third kappa shape index (κ3) is 2.98. The molecule has 0 atom stereocenters. The Morgan fingerprint density at radius 1 is 1.33 bits per heavy atom. The van der Waals surface area contributed by atoms with Crippen LogP contribution in [-0.4, -0.2) is 19.0 Å². The average Bonchev–Trinajstić information content (AvgIpc) is 2.16. The zero-order valence-corrected chi connectivity index (χ0v) is 9.72. The van der Waals surface area contributed by atoms with Gasteiger partial charge in [0.25, 0.3) is 5.91 Å². The van der Waals surface area contributed by atoms with Gasteiger partial charge in [0, 0.05) is 24.3 Å². The standard InChI is InChI=1S/C12H18N2O/c1-8(2)14-12(15)10-5-6-11(13-4)9(3)7-10/h5-8,13H,1-4H3,(H,14,15). The molecule has 3 nitrogen and oxygen atoms in total. The minimum absolute atomic E-state index is 0.0178. The van der Waals surface area contributed by atoms with Gasteiger partial charge in [-0.3, -0.25) is 4.79 Å². The molecule has 0 saturated carbocycles. The molecule has 1 rings (SSSR count). The summed E-state index contributed by atoms with van der Waals surface area (Å²) in [6.45, 7) is 5.89. The van der Waals surface area contributed by atoms with Gasteiger partial charge in [0.15, 0.2) is 0 Å². The number of nitrogens with one attached hydrogen (secondary N) is 2. The monoisotopic (exact) mass is 206 g/mol. The van der Waals surface area contributed by atoms with Crippen molar-refractivity contribution in [3.05, 3.63) is 29.3 Å². The Morgan fingerprint density at radius 3 is 2.47 bits per heavy atom. The van der Waals surface area contributed by atoms with Crippen molar-refractivity contribution in [1.29, 1.82) is 0 Å². The third-order valence-corrected chi connectivity index (χ3v) is 2.18. The zero-order valence-electron chi connectivity index (χ0n) is 9.72. The molecule has 0 heterocycles. The summed E-state index contributed by atoms with van der Waals surface area (Å²) in [5, 5.41) is 5.93. The summed E-state index contributed by atoms with van der Waals surface area (Å²) < 4.78 is 0. The second kappa shape index (κ2) is 4.82. The highest BCUT2D eigenvalue weighted by molar-refractivity contribution is 5.95. The lowest BCUT2D eigenvalue weighted by Gasteiger charge is -2.10. The molecule has 0 aliphatic carbocycles. The van der Waals surface area contributed by atoms with Gasteiger partial charge in [-0.1, -0.05) is 0 Å². The first-order chi connectivity index (χ1) is 7.04. The van der Waals surface area contributed by atoms with Gasteiger partial charge in [-0.25, -0.2) is 0 Å². The van der Waals surface area contributed by atoms with E-state index in [9.17, 15) is 4.79 Å². The molecule has 0 aliphatic rings. The van der Waals surface area contributed by atoms with Crippen LogP contribution in [0.2, 0.25) is 0 Å². The molecular weight excluding hydrogens is 188 g/mol. The zero-order chi connectivity index (χ0) is 11.4. The number of rotatable bonds is 3. The summed E-state index contributed by atoms with van der Waals surface area (Å²) in [5.41, 5.74) is 2.84. The number of carbonyl (C=O) groups is 1. The molecule has 0 fully saturated rings. The minimum Gasteiger partial charge on any atom is -0.388 e. The SMILES string of the molecule is CNc1ccc(C(=O)NC(C)C)cc1C. The van der Waals surface area contributed by atoms with Crippen molar-refractivity contribution in [3.8, 4) is 0 Å². The maximum absolute atomic E-state index is 11.7. The summed E-state index contributed by atoms with van der Waals surface area (Å²) in [5.74, 6) is -0.0178. The van der Waals surface area contributed by atoms with Crippen LogP contribution in [-0.2, 0) is 0 Å². The summed E-state index contributed by atoms with van der Waals surface area (Å²) in [7, 11) is 1.87. The van der Waals surface area contributed by atoms with Crippen molar-refractivity contribution >= 4 is 11.6 Å². The van der Waals surface area contributed by atoms with Crippen LogP contribution in [0.4, 0.5) is 5.69 Å². The Morgan fingerprint density at radius 2 is 2.00 bits per heavy atom. The summed E-state index contributed by atoms with van der Waals surface area (Å²) in [6.07, 6.45) is 0. The Hall–Kier alpha value is -1.51. The van der Waals surface area contributed by atoms with Crippen molar-refractivity contribution in [2.45, 2.75) is 26.8 Å². The first kappa shape index (κ1) is 11.6. The number of hydrogen-bond donors (Lipinski definition) is 2. The molecule has 0 bridgehead atoms. The van der Waals surface area contributed by atoms with E-state index in [2.05, 4.69) is 10.6 Å². The van der Waals surface area contributed by atoms with E-state index < -0.39 is 0 Å². The molecule has 3 heteroatoms. The van der Waals surface area contributed by atoms with Crippen LogP contribution in [0.5, 0.6) is 0 Å². The first-order valence-electron chi connectivity index (χ1n) is 5.14. The van der Waals surface area contributed by atoms with E-state index >= 15 is 0 Å². The van der Waals surface area contributed by atoms with Crippen LogP contribution in [0, 0.1) is 6.92 Å². The summed E-state index contributed by atoms with van der Waals surface area (Å²) in [4.78, 5) is 11.7. The van der Waals surface area contributed by atoms with Crippen LogP contribution in [0.15, 0.2) is 18.2 Å². The molecule has 1 amide bonds. The molecule has 82 valence electrons. The van der Waals surface area contributed by atoms with Gasteiger partial charge in [0.2, 0.25) is 0 Å². The van der Waals surface area contributed by atoms with E-state index in [1.54, 1.807) is 0 Å². The van der Waals surface area contributed by atoms with E-state index in [4.69, 9.17) is 0 Å². The van der Waals surface area contributed by atoms with Crippen LogP contribution >= 0.6 is 0 Å². The van der Waals surface area contributed by atoms with Crippen molar-refractivity contribution < 1.29 is 4.79 Å². The molecule has 1 aromatic rings. The fourth-order valence-corrected chi connectivity index (χ4v) is 1.43. The van der Waals surface area contributed by atoms with Crippen LogP contribution < -0.4 is 10.6 Å². The van der Waals surface area contributed by atoms with E-state index in [0.717, 1.165) is 11.3 Å². The lowest BCUT2D eigenvalue weighted by molar-refractivity contribution is 0.0943. The number of benzene rings is 1. The molecule has 0 spiro atoms. The maximum Gasteiger partial charge on any atom is 0.251 e. The highest BCUT2D eigenvalue weighted by atomic mass is 16.1. The lowest BCUT2D eigenvalue weighted by atomic mass is 10.1. The molecular formula is C12H18N2O. The normalized spacial score (nSPS) is 10.2. The Kier molecular flexibility index (Phi) is 3.72. The van der Waals surface area contributed by atoms with Gasteiger partial charge in [0.1, 0.15) is 0 Å². The minimum atomic E-state index is -0.0178. The van der Waals surface area contributed by atoms with E-state index in [0.29, 0.717) is 5.56 Å². The largest absolute Gasteiger partial charge is 0.388 e. The highest BCUT2D eigenvalue weighted by Gasteiger charge is 2.07. The lowest BCUT2D eigenvalue weighted by Crippen LogP contribution is -2.30. The van der Waals surface area contributed by atoms with E-state index in [1.807, 2.05) is 46.0 Å². The first-order valence-corrected chi connectivity index (χ1v) is 5.14. The topological polar surface area (TPSA) is 41.1 Å². The van der Waals surface area contributed by atoms with Gasteiger partial charge in [-0.2, -0.15) is 0 Å². The van der Waals surface area contributed by atoms with Crippen LogP contribution in [0.3, 0.4) is 0 Å². The number of aryl methyl sites for hydroxylation is 1. The third-order valence-electron chi connectivity index (χ3n) is 2.18. The van der Waals surface area contributed by atoms with E-state index in [1.165, 1.54) is 0 Å². The predicted molar refractivity (Wildman–Crippen MR) is 63.3 cm³/mol. The summed E-state index contributed by atoms with van der Waals surface area (Å²) in [6, 6.07) is 5.81. The fraction of sp³-hybridized carbons (Fsp3) is 0.417. The Labute approximate surface area is 90.9 Å². The van der Waals surface area contributed by atoms with Crippen molar-refractivity contribution in [3.63, 3.8) is 0 Å². The number of amides is 1. The quantitative estimate of drug-likeness (QED) is 0.795. The van der Waals surface area contributed by atoms with Crippen molar-refractivity contribution in [2.24, 2.45) is 0 Å². The second-order valence-electron chi connectivity index (χ2n) is 3.91. The molecule has 2 N–H and O–H groups in total. The fourth-order valence-electron chi connectivity index (χ4n) is 1.43. The number of anilines is 1. The second-order valence-corrected chi connectivity index (χ2v) is 3.91. The van der Waals surface area contributed by atoms with Crippen LogP contribution in [0.25, 0.3) is 0 Å². The van der Waals surface area contributed by atoms with E-state index in [-0.39, 0.29) is 11.9 Å². The Bertz CT molecular complexity index is 359. The van der Waals surface area contributed by atoms with Crippen LogP contribution in [0.1, 0.15) is 29.8 Å². The molecule has 15 heavy (non-hydrogen) atoms. The number of carbonyl (C=O) groups excluding carboxylic acids is 1. The molecule has 0 aromatic heterocycles. The molecule has 0 aliphatic heterocycles. The molecule has 0 radical (unpaired) electrons. The van der Waals surface area contributed by atoms with Gasteiger partial charge < -0.3 is 10.6 Å².